The molecule has 2 rings (SSSR count). The van der Waals surface area contributed by atoms with Gasteiger partial charge in [-0.25, -0.2) is 9.59 Å². The average Bonchev–Trinajstić information content (AvgIpc) is 2.52. The summed E-state index contributed by atoms with van der Waals surface area (Å²) < 4.78 is 16.4. The van der Waals surface area contributed by atoms with Crippen LogP contribution in [0.25, 0.3) is 0 Å². The first-order valence-electron chi connectivity index (χ1n) is 9.41. The maximum atomic E-state index is 12.2. The van der Waals surface area contributed by atoms with Crippen LogP contribution in [-0.2, 0) is 14.2 Å². The summed E-state index contributed by atoms with van der Waals surface area (Å²) in [7, 11) is 0. The Morgan fingerprint density at radius 3 is 2.08 bits per heavy atom. The lowest BCUT2D eigenvalue weighted by molar-refractivity contribution is -0.0643. The van der Waals surface area contributed by atoms with E-state index in [1.54, 1.807) is 9.80 Å². The predicted molar refractivity (Wildman–Crippen MR) is 97.2 cm³/mol. The average molecular weight is 371 g/mol. The van der Waals surface area contributed by atoms with Crippen molar-refractivity contribution >= 4 is 12.2 Å². The van der Waals surface area contributed by atoms with Gasteiger partial charge in [-0.3, -0.25) is 4.90 Å². The maximum Gasteiger partial charge on any atom is 0.410 e. The quantitative estimate of drug-likeness (QED) is 0.753. The van der Waals surface area contributed by atoms with E-state index < -0.39 is 5.60 Å². The molecule has 0 radical (unpaired) electrons. The molecule has 2 aliphatic rings. The van der Waals surface area contributed by atoms with Gasteiger partial charge < -0.3 is 24.0 Å². The lowest BCUT2D eigenvalue weighted by Crippen LogP contribution is -2.51. The number of carbonyl (C=O) groups is 2. The van der Waals surface area contributed by atoms with Crippen molar-refractivity contribution in [2.75, 3.05) is 52.4 Å². The normalized spacial score (nSPS) is 25.1. The van der Waals surface area contributed by atoms with Crippen molar-refractivity contribution in [3.63, 3.8) is 0 Å². The first-order valence-corrected chi connectivity index (χ1v) is 9.41. The van der Waals surface area contributed by atoms with E-state index in [-0.39, 0.29) is 24.4 Å². The van der Waals surface area contributed by atoms with Crippen molar-refractivity contribution in [1.29, 1.82) is 0 Å². The van der Waals surface area contributed by atoms with Crippen molar-refractivity contribution < 1.29 is 23.8 Å². The standard InChI is InChI=1S/C18H33N3O5/c1-14-12-21(13-15(2)25-14)16(22)24-11-10-19-6-8-20(9-7-19)17(23)26-18(3,4)5/h14-15H,6-13H2,1-5H3/t14-,15+. The second-order valence-electron chi connectivity index (χ2n) is 8.09. The van der Waals surface area contributed by atoms with Crippen molar-refractivity contribution in [1.82, 2.24) is 14.7 Å². The predicted octanol–water partition coefficient (Wildman–Crippen LogP) is 1.78. The van der Waals surface area contributed by atoms with Crippen molar-refractivity contribution in [3.05, 3.63) is 0 Å². The van der Waals surface area contributed by atoms with E-state index in [0.717, 1.165) is 13.1 Å². The van der Waals surface area contributed by atoms with Crippen LogP contribution in [0.1, 0.15) is 34.6 Å². The lowest BCUT2D eigenvalue weighted by Gasteiger charge is -2.36. The summed E-state index contributed by atoms with van der Waals surface area (Å²) in [6, 6.07) is 0. The van der Waals surface area contributed by atoms with Gasteiger partial charge in [-0.1, -0.05) is 0 Å². The molecular weight excluding hydrogens is 338 g/mol. The summed E-state index contributed by atoms with van der Waals surface area (Å²) >= 11 is 0. The van der Waals surface area contributed by atoms with Crippen molar-refractivity contribution in [2.45, 2.75) is 52.4 Å². The molecular formula is C18H33N3O5. The molecule has 2 aliphatic heterocycles. The Morgan fingerprint density at radius 1 is 0.962 bits per heavy atom. The smallest absolute Gasteiger partial charge is 0.410 e. The number of hydrogen-bond donors (Lipinski definition) is 0. The molecule has 0 aromatic carbocycles. The summed E-state index contributed by atoms with van der Waals surface area (Å²) in [6.07, 6.45) is -0.474. The molecule has 2 saturated heterocycles. The molecule has 0 aromatic heterocycles. The maximum absolute atomic E-state index is 12.2. The van der Waals surface area contributed by atoms with Crippen LogP contribution in [0.5, 0.6) is 0 Å². The van der Waals surface area contributed by atoms with Crippen LogP contribution < -0.4 is 0 Å². The van der Waals surface area contributed by atoms with E-state index in [9.17, 15) is 9.59 Å². The fraction of sp³-hybridized carbons (Fsp3) is 0.889. The zero-order chi connectivity index (χ0) is 19.3. The summed E-state index contributed by atoms with van der Waals surface area (Å²) in [5, 5.41) is 0. The van der Waals surface area contributed by atoms with E-state index in [2.05, 4.69) is 4.90 Å². The van der Waals surface area contributed by atoms with Gasteiger partial charge in [-0.15, -0.1) is 0 Å². The molecule has 2 fully saturated rings. The van der Waals surface area contributed by atoms with E-state index in [4.69, 9.17) is 14.2 Å². The van der Waals surface area contributed by atoms with Gasteiger partial charge >= 0.3 is 12.2 Å². The highest BCUT2D eigenvalue weighted by Gasteiger charge is 2.28. The van der Waals surface area contributed by atoms with Gasteiger partial charge in [0.25, 0.3) is 0 Å². The highest BCUT2D eigenvalue weighted by Crippen LogP contribution is 2.13. The van der Waals surface area contributed by atoms with Crippen LogP contribution >= 0.6 is 0 Å². The minimum atomic E-state index is -0.475. The summed E-state index contributed by atoms with van der Waals surface area (Å²) in [4.78, 5) is 29.8. The highest BCUT2D eigenvalue weighted by molar-refractivity contribution is 5.68. The van der Waals surface area contributed by atoms with Crippen molar-refractivity contribution in [3.8, 4) is 0 Å². The minimum absolute atomic E-state index is 0.0345. The van der Waals surface area contributed by atoms with Gasteiger partial charge in [0.15, 0.2) is 0 Å². The summed E-state index contributed by atoms with van der Waals surface area (Å²) in [6.45, 7) is 14.4. The van der Waals surface area contributed by atoms with Crippen LogP contribution in [0.2, 0.25) is 0 Å². The molecule has 0 N–H and O–H groups in total. The number of ether oxygens (including phenoxy) is 3. The number of carbonyl (C=O) groups excluding carboxylic acids is 2. The third-order valence-electron chi connectivity index (χ3n) is 4.33. The third kappa shape index (κ3) is 6.64. The first-order chi connectivity index (χ1) is 12.1. The van der Waals surface area contributed by atoms with Gasteiger partial charge in [-0.05, 0) is 34.6 Å². The lowest BCUT2D eigenvalue weighted by atomic mass is 10.2. The molecule has 0 bridgehead atoms. The molecule has 2 atom stereocenters. The Hall–Kier alpha value is -1.54. The largest absolute Gasteiger partial charge is 0.448 e. The van der Waals surface area contributed by atoms with E-state index in [1.807, 2.05) is 34.6 Å². The number of morpholine rings is 1. The number of amides is 2. The summed E-state index contributed by atoms with van der Waals surface area (Å²) in [5.74, 6) is 0. The topological polar surface area (TPSA) is 71.6 Å². The Kier molecular flexibility index (Phi) is 7.11. The first kappa shape index (κ1) is 20.8. The Labute approximate surface area is 156 Å². The molecule has 26 heavy (non-hydrogen) atoms. The molecule has 2 heterocycles. The van der Waals surface area contributed by atoms with Crippen LogP contribution in [0.4, 0.5) is 9.59 Å². The molecule has 2 amide bonds. The number of nitrogens with zero attached hydrogens (tertiary/aromatic N) is 3. The van der Waals surface area contributed by atoms with Crippen LogP contribution in [0.15, 0.2) is 0 Å². The number of rotatable bonds is 3. The zero-order valence-electron chi connectivity index (χ0n) is 16.7. The van der Waals surface area contributed by atoms with Crippen LogP contribution in [-0.4, -0.2) is 97.1 Å². The minimum Gasteiger partial charge on any atom is -0.448 e. The molecule has 0 saturated carbocycles. The van der Waals surface area contributed by atoms with Gasteiger partial charge in [0.2, 0.25) is 0 Å². The highest BCUT2D eigenvalue weighted by atomic mass is 16.6. The fourth-order valence-electron chi connectivity index (χ4n) is 3.16. The molecule has 150 valence electrons. The molecule has 0 unspecified atom stereocenters. The van der Waals surface area contributed by atoms with Gasteiger partial charge in [0, 0.05) is 32.7 Å². The second-order valence-corrected chi connectivity index (χ2v) is 8.09. The van der Waals surface area contributed by atoms with E-state index in [0.29, 0.717) is 39.3 Å². The third-order valence-corrected chi connectivity index (χ3v) is 4.33. The van der Waals surface area contributed by atoms with Crippen molar-refractivity contribution in [2.24, 2.45) is 0 Å². The second kappa shape index (κ2) is 8.90. The zero-order valence-corrected chi connectivity index (χ0v) is 16.7. The SMILES string of the molecule is C[C@@H]1CN(C(=O)OCCN2CCN(C(=O)OC(C)(C)C)CC2)C[C@H](C)O1. The molecule has 0 aliphatic carbocycles. The Balaban J connectivity index is 1.64. The van der Waals surface area contributed by atoms with E-state index >= 15 is 0 Å². The number of piperazine rings is 1. The number of hydrogen-bond acceptors (Lipinski definition) is 6. The van der Waals surface area contributed by atoms with Crippen LogP contribution in [0.3, 0.4) is 0 Å². The van der Waals surface area contributed by atoms with E-state index in [1.165, 1.54) is 0 Å². The molecule has 8 nitrogen and oxygen atoms in total. The van der Waals surface area contributed by atoms with Gasteiger partial charge in [0.1, 0.15) is 12.2 Å². The van der Waals surface area contributed by atoms with Gasteiger partial charge in [0.05, 0.1) is 25.3 Å². The molecule has 8 heteroatoms. The van der Waals surface area contributed by atoms with Crippen LogP contribution in [0, 0.1) is 0 Å². The summed E-state index contributed by atoms with van der Waals surface area (Å²) in [5.41, 5.74) is -0.475. The van der Waals surface area contributed by atoms with Gasteiger partial charge in [-0.2, -0.15) is 0 Å². The Bertz CT molecular complexity index is 476. The molecule has 0 spiro atoms. The molecule has 0 aromatic rings. The Morgan fingerprint density at radius 2 is 1.54 bits per heavy atom. The monoisotopic (exact) mass is 371 g/mol. The fourth-order valence-corrected chi connectivity index (χ4v) is 3.16.